The van der Waals surface area contributed by atoms with E-state index < -0.39 is 11.9 Å². The van der Waals surface area contributed by atoms with Gasteiger partial charge in [0, 0.05) is 30.0 Å². The number of rotatable bonds is 7. The molecule has 0 radical (unpaired) electrons. The van der Waals surface area contributed by atoms with Crippen molar-refractivity contribution in [1.29, 1.82) is 0 Å². The van der Waals surface area contributed by atoms with Gasteiger partial charge < -0.3 is 10.8 Å². The van der Waals surface area contributed by atoms with Crippen LogP contribution in [0.5, 0.6) is 0 Å². The number of carboxylic acids is 1. The van der Waals surface area contributed by atoms with Crippen LogP contribution in [0.25, 0.3) is 0 Å². The number of hydrogen-bond acceptors (Lipinski definition) is 4. The molecule has 1 aromatic rings. The highest BCUT2D eigenvalue weighted by Gasteiger charge is 2.20. The van der Waals surface area contributed by atoms with Crippen LogP contribution in [0.4, 0.5) is 5.69 Å². The highest BCUT2D eigenvalue weighted by molar-refractivity contribution is 5.98. The van der Waals surface area contributed by atoms with Gasteiger partial charge in [0.25, 0.3) is 0 Å². The Morgan fingerprint density at radius 1 is 1.21 bits per heavy atom. The molecule has 0 bridgehead atoms. The standard InChI is InChI=1S/C14H17NO4/c1-9(16)11(4-7-14(18)19)8-13(17)10-2-5-12(15)6-3-10/h2-3,5-6,11H,4,7-8,15H2,1H3,(H,18,19)/t11-/m1/s1. The molecule has 0 aliphatic carbocycles. The lowest BCUT2D eigenvalue weighted by Gasteiger charge is -2.11. The van der Waals surface area contributed by atoms with Crippen molar-refractivity contribution < 1.29 is 19.5 Å². The quantitative estimate of drug-likeness (QED) is 0.578. The Kier molecular flexibility index (Phi) is 5.23. The summed E-state index contributed by atoms with van der Waals surface area (Å²) >= 11 is 0. The molecule has 0 heterocycles. The first kappa shape index (κ1) is 14.9. The van der Waals surface area contributed by atoms with Gasteiger partial charge in [-0.1, -0.05) is 0 Å². The molecule has 0 amide bonds. The Hall–Kier alpha value is -2.17. The van der Waals surface area contributed by atoms with Crippen molar-refractivity contribution in [2.45, 2.75) is 26.2 Å². The monoisotopic (exact) mass is 263 g/mol. The second-order valence-corrected chi connectivity index (χ2v) is 4.49. The summed E-state index contributed by atoms with van der Waals surface area (Å²) in [6, 6.07) is 6.44. The van der Waals surface area contributed by atoms with E-state index >= 15 is 0 Å². The zero-order valence-corrected chi connectivity index (χ0v) is 10.8. The number of benzene rings is 1. The lowest BCUT2D eigenvalue weighted by molar-refractivity contribution is -0.137. The number of ketones is 2. The number of hydrogen-bond donors (Lipinski definition) is 2. The van der Waals surface area contributed by atoms with Crippen LogP contribution in [0, 0.1) is 5.92 Å². The number of nitrogens with two attached hydrogens (primary N) is 1. The van der Waals surface area contributed by atoms with Gasteiger partial charge >= 0.3 is 5.97 Å². The van der Waals surface area contributed by atoms with Crippen molar-refractivity contribution in [2.24, 2.45) is 5.92 Å². The lowest BCUT2D eigenvalue weighted by atomic mass is 9.91. The second kappa shape index (κ2) is 6.68. The van der Waals surface area contributed by atoms with Gasteiger partial charge in [-0.3, -0.25) is 14.4 Å². The number of carbonyl (C=O) groups excluding carboxylic acids is 2. The minimum absolute atomic E-state index is 0.0343. The van der Waals surface area contributed by atoms with Crippen molar-refractivity contribution in [2.75, 3.05) is 5.73 Å². The molecule has 3 N–H and O–H groups in total. The van der Waals surface area contributed by atoms with Crippen LogP contribution in [0.3, 0.4) is 0 Å². The number of aliphatic carboxylic acids is 1. The van der Waals surface area contributed by atoms with E-state index in [1.165, 1.54) is 6.92 Å². The third kappa shape index (κ3) is 4.91. The molecule has 0 fully saturated rings. The number of anilines is 1. The Morgan fingerprint density at radius 3 is 2.26 bits per heavy atom. The third-order valence-electron chi connectivity index (χ3n) is 2.95. The van der Waals surface area contributed by atoms with Gasteiger partial charge in [-0.25, -0.2) is 0 Å². The zero-order valence-electron chi connectivity index (χ0n) is 10.8. The van der Waals surface area contributed by atoms with Crippen molar-refractivity contribution in [3.05, 3.63) is 29.8 Å². The maximum Gasteiger partial charge on any atom is 0.303 e. The first-order valence-electron chi connectivity index (χ1n) is 6.01. The van der Waals surface area contributed by atoms with Crippen LogP contribution in [-0.4, -0.2) is 22.6 Å². The molecular weight excluding hydrogens is 246 g/mol. The predicted octanol–water partition coefficient (Wildman–Crippen LogP) is 1.91. The number of carbonyl (C=O) groups is 3. The minimum atomic E-state index is -0.966. The molecule has 0 unspecified atom stereocenters. The lowest BCUT2D eigenvalue weighted by Crippen LogP contribution is -2.17. The molecule has 0 saturated heterocycles. The molecule has 5 heteroatoms. The molecule has 19 heavy (non-hydrogen) atoms. The SMILES string of the molecule is CC(=O)[C@H](CCC(=O)O)CC(=O)c1ccc(N)cc1. The van der Waals surface area contributed by atoms with Crippen molar-refractivity contribution in [1.82, 2.24) is 0 Å². The number of Topliss-reactive ketones (excluding diaryl/α,β-unsaturated/α-hetero) is 2. The maximum atomic E-state index is 12.0. The van der Waals surface area contributed by atoms with Crippen LogP contribution in [-0.2, 0) is 9.59 Å². The van der Waals surface area contributed by atoms with E-state index in [4.69, 9.17) is 10.8 Å². The molecule has 1 rings (SSSR count). The molecule has 5 nitrogen and oxygen atoms in total. The van der Waals surface area contributed by atoms with Gasteiger partial charge in [0.2, 0.25) is 0 Å². The highest BCUT2D eigenvalue weighted by Crippen LogP contribution is 2.17. The Morgan fingerprint density at radius 2 is 1.79 bits per heavy atom. The summed E-state index contributed by atoms with van der Waals surface area (Å²) in [5.74, 6) is -1.84. The maximum absolute atomic E-state index is 12.0. The Labute approximate surface area is 111 Å². The smallest absolute Gasteiger partial charge is 0.303 e. The van der Waals surface area contributed by atoms with Crippen molar-refractivity contribution in [3.63, 3.8) is 0 Å². The summed E-state index contributed by atoms with van der Waals surface area (Å²) in [5, 5.41) is 8.62. The first-order chi connectivity index (χ1) is 8.90. The van der Waals surface area contributed by atoms with Crippen LogP contribution in [0.1, 0.15) is 36.5 Å². The molecule has 0 saturated carbocycles. The summed E-state index contributed by atoms with van der Waals surface area (Å²) in [6.45, 7) is 1.38. The number of nitrogen functional groups attached to an aromatic ring is 1. The van der Waals surface area contributed by atoms with Crippen LogP contribution in [0.15, 0.2) is 24.3 Å². The summed E-state index contributed by atoms with van der Waals surface area (Å²) in [4.78, 5) is 33.9. The fourth-order valence-electron chi connectivity index (χ4n) is 1.76. The molecule has 1 atom stereocenters. The number of carboxylic acid groups (broad SMARTS) is 1. The largest absolute Gasteiger partial charge is 0.481 e. The molecule has 0 aromatic heterocycles. The van der Waals surface area contributed by atoms with Gasteiger partial charge in [0.05, 0.1) is 0 Å². The van der Waals surface area contributed by atoms with Gasteiger partial charge in [0.15, 0.2) is 5.78 Å². The van der Waals surface area contributed by atoms with Gasteiger partial charge in [0.1, 0.15) is 5.78 Å². The summed E-state index contributed by atoms with van der Waals surface area (Å²) in [7, 11) is 0. The van der Waals surface area contributed by atoms with E-state index in [9.17, 15) is 14.4 Å². The highest BCUT2D eigenvalue weighted by atomic mass is 16.4. The predicted molar refractivity (Wildman–Crippen MR) is 70.8 cm³/mol. The molecule has 0 spiro atoms. The summed E-state index contributed by atoms with van der Waals surface area (Å²) in [6.07, 6.45) is 0.108. The summed E-state index contributed by atoms with van der Waals surface area (Å²) in [5.41, 5.74) is 6.57. The van der Waals surface area contributed by atoms with Gasteiger partial charge in [-0.15, -0.1) is 0 Å². The first-order valence-corrected chi connectivity index (χ1v) is 6.01. The van der Waals surface area contributed by atoms with Crippen molar-refractivity contribution >= 4 is 23.2 Å². The molecule has 0 aliphatic rings. The van der Waals surface area contributed by atoms with E-state index in [2.05, 4.69) is 0 Å². The second-order valence-electron chi connectivity index (χ2n) is 4.49. The van der Waals surface area contributed by atoms with E-state index in [-0.39, 0.29) is 30.8 Å². The van der Waals surface area contributed by atoms with E-state index in [0.717, 1.165) is 0 Å². The van der Waals surface area contributed by atoms with E-state index in [1.54, 1.807) is 24.3 Å². The average molecular weight is 263 g/mol. The van der Waals surface area contributed by atoms with Crippen LogP contribution in [0.2, 0.25) is 0 Å². The van der Waals surface area contributed by atoms with E-state index in [0.29, 0.717) is 11.3 Å². The fraction of sp³-hybridized carbons (Fsp3) is 0.357. The molecule has 102 valence electrons. The third-order valence-corrected chi connectivity index (χ3v) is 2.95. The normalized spacial score (nSPS) is 11.8. The Balaban J connectivity index is 2.68. The van der Waals surface area contributed by atoms with Crippen molar-refractivity contribution in [3.8, 4) is 0 Å². The van der Waals surface area contributed by atoms with Crippen LogP contribution < -0.4 is 5.73 Å². The molecule has 1 aromatic carbocycles. The fourth-order valence-corrected chi connectivity index (χ4v) is 1.76. The topological polar surface area (TPSA) is 97.5 Å². The van der Waals surface area contributed by atoms with Gasteiger partial charge in [-0.05, 0) is 37.6 Å². The minimum Gasteiger partial charge on any atom is -0.481 e. The zero-order chi connectivity index (χ0) is 14.4. The summed E-state index contributed by atoms with van der Waals surface area (Å²) < 4.78 is 0. The van der Waals surface area contributed by atoms with Crippen LogP contribution >= 0.6 is 0 Å². The van der Waals surface area contributed by atoms with E-state index in [1.807, 2.05) is 0 Å². The Bertz CT molecular complexity index is 479. The molecule has 0 aliphatic heterocycles. The van der Waals surface area contributed by atoms with Gasteiger partial charge in [-0.2, -0.15) is 0 Å². The average Bonchev–Trinajstić information content (AvgIpc) is 2.34. The molecular formula is C14H17NO4.